The van der Waals surface area contributed by atoms with Gasteiger partial charge in [-0.05, 0) is 82.6 Å². The van der Waals surface area contributed by atoms with E-state index in [-0.39, 0.29) is 36.5 Å². The van der Waals surface area contributed by atoms with Crippen LogP contribution in [-0.2, 0) is 52.4 Å². The largest absolute Gasteiger partial charge is 0.550 e. The highest BCUT2D eigenvalue weighted by Crippen LogP contribution is 2.18. The van der Waals surface area contributed by atoms with Crippen LogP contribution < -0.4 is 10.4 Å². The van der Waals surface area contributed by atoms with Crippen LogP contribution in [-0.4, -0.2) is 116 Å². The van der Waals surface area contributed by atoms with Crippen LogP contribution in [0.5, 0.6) is 0 Å². The van der Waals surface area contributed by atoms with Crippen molar-refractivity contribution in [2.24, 2.45) is 11.8 Å². The fraction of sp³-hybridized carbons (Fsp3) is 0.758. The lowest BCUT2D eigenvalue weighted by molar-refractivity contribution is -0.649. The summed E-state index contributed by atoms with van der Waals surface area (Å²) in [5, 5.41) is 10.8. The number of amides is 1. The molecule has 2 rings (SSSR count). The normalized spacial score (nSPS) is 17.5. The predicted molar refractivity (Wildman–Crippen MR) is 173 cm³/mol. The summed E-state index contributed by atoms with van der Waals surface area (Å²) < 4.78 is 28.5. The third-order valence-corrected chi connectivity index (χ3v) is 5.66. The minimum absolute atomic E-state index is 0.000278. The maximum Gasteiger partial charge on any atom is 0.519 e. The number of ether oxygens (including phenoxy) is 6. The first-order valence-corrected chi connectivity index (χ1v) is 16.1. The van der Waals surface area contributed by atoms with Gasteiger partial charge in [0.05, 0.1) is 25.6 Å². The second-order valence-electron chi connectivity index (χ2n) is 14.0. The van der Waals surface area contributed by atoms with Crippen molar-refractivity contribution in [3.8, 4) is 0 Å². The smallest absolute Gasteiger partial charge is 0.519 e. The lowest BCUT2D eigenvalue weighted by Gasteiger charge is -2.31. The topological polar surface area (TPSA) is 235 Å². The minimum atomic E-state index is -1.08. The second kappa shape index (κ2) is 22.6. The van der Waals surface area contributed by atoms with Crippen molar-refractivity contribution >= 4 is 47.7 Å². The van der Waals surface area contributed by atoms with Crippen LogP contribution in [0.15, 0.2) is 0 Å². The van der Waals surface area contributed by atoms with Crippen LogP contribution in [0.25, 0.3) is 0 Å². The van der Waals surface area contributed by atoms with E-state index in [4.69, 9.17) is 33.6 Å². The third-order valence-electron chi connectivity index (χ3n) is 5.66. The van der Waals surface area contributed by atoms with Gasteiger partial charge >= 0.3 is 24.4 Å². The van der Waals surface area contributed by atoms with Crippen molar-refractivity contribution in [1.82, 2.24) is 4.90 Å². The van der Waals surface area contributed by atoms with Gasteiger partial charge in [0, 0.05) is 26.0 Å². The summed E-state index contributed by atoms with van der Waals surface area (Å²) in [5.41, 5.74) is -1.99. The van der Waals surface area contributed by atoms with Gasteiger partial charge < -0.3 is 48.5 Å². The van der Waals surface area contributed by atoms with Crippen molar-refractivity contribution < 1.29 is 77.2 Å². The average Bonchev–Trinajstić information content (AvgIpc) is 2.90. The van der Waals surface area contributed by atoms with Crippen LogP contribution >= 0.6 is 0 Å². The Labute approximate surface area is 294 Å². The molecular formula is C33H56N2O15. The molecule has 2 aliphatic rings. The molecule has 288 valence electrons. The SMILES string of the molecule is CC(=O)[O-].CC(C)(C)OC(=O)OC(=O)OC(C)(C)C.CCOC(=O)C1CC[NH2+]CC1=O.COCC(=O)C1CCN(C(=O)OC(C)(C)C)CC1=O. The van der Waals surface area contributed by atoms with Crippen molar-refractivity contribution in [3.05, 3.63) is 0 Å². The number of carboxylic acid groups (broad SMARTS) is 1. The zero-order chi connectivity index (χ0) is 39.5. The van der Waals surface area contributed by atoms with E-state index in [1.165, 1.54) is 12.0 Å². The molecule has 0 bridgehead atoms. The highest BCUT2D eigenvalue weighted by molar-refractivity contribution is 6.05. The zero-order valence-electron chi connectivity index (χ0n) is 31.5. The van der Waals surface area contributed by atoms with E-state index in [2.05, 4.69) is 4.74 Å². The van der Waals surface area contributed by atoms with Crippen molar-refractivity contribution in [2.75, 3.05) is 46.5 Å². The second-order valence-corrected chi connectivity index (χ2v) is 14.0. The number of nitrogens with two attached hydrogens (primary N) is 1. The standard InChI is InChI=1S/C13H21NO5.C10H18O5.C8H13NO3.C2H4O2/c1-13(2,3)19-12(17)14-6-5-9(10(15)7-14)11(16)8-18-4;1-9(2,3)14-7(11)13-8(12)15-10(4,5)6;1-2-12-8(11)6-3-4-9-5-7(6)10;1-2(3)4/h9H,5-8H2,1-4H3;1-6H3;6,9H,2-5H2,1H3;1H3,(H,3,4). The first kappa shape index (κ1) is 48.0. The molecule has 2 fully saturated rings. The first-order chi connectivity index (χ1) is 22.7. The Hall–Kier alpha value is -4.12. The quantitative estimate of drug-likeness (QED) is 0.240. The molecule has 2 aliphatic heterocycles. The number of carboxylic acids is 1. The summed E-state index contributed by atoms with van der Waals surface area (Å²) in [6.45, 7) is 19.9. The summed E-state index contributed by atoms with van der Waals surface area (Å²) in [6, 6.07) is 0. The lowest BCUT2D eigenvalue weighted by atomic mass is 9.92. The number of carbonyl (C=O) groups is 8. The van der Waals surface area contributed by atoms with Gasteiger partial charge in [-0.3, -0.25) is 19.2 Å². The number of ketones is 3. The van der Waals surface area contributed by atoms with Gasteiger partial charge in [-0.15, -0.1) is 0 Å². The van der Waals surface area contributed by atoms with E-state index < -0.39 is 53.0 Å². The number of carbonyl (C=O) groups excluding carboxylic acids is 8. The summed E-state index contributed by atoms with van der Waals surface area (Å²) in [4.78, 5) is 89.9. The number of methoxy groups -OCH3 is 1. The third kappa shape index (κ3) is 24.9. The first-order valence-electron chi connectivity index (χ1n) is 16.1. The van der Waals surface area contributed by atoms with Gasteiger partial charge in [0.1, 0.15) is 35.9 Å². The molecule has 2 atom stereocenters. The molecular weight excluding hydrogens is 664 g/mol. The maximum absolute atomic E-state index is 11.9. The van der Waals surface area contributed by atoms with Crippen LogP contribution in [0.4, 0.5) is 14.4 Å². The maximum atomic E-state index is 11.9. The Bertz CT molecular complexity index is 1130. The summed E-state index contributed by atoms with van der Waals surface area (Å²) >= 11 is 0. The molecule has 2 saturated heterocycles. The number of likely N-dealkylation sites (tertiary alicyclic amines) is 1. The molecule has 0 aliphatic carbocycles. The van der Waals surface area contributed by atoms with Crippen molar-refractivity contribution in [3.63, 3.8) is 0 Å². The highest BCUT2D eigenvalue weighted by atomic mass is 16.8. The van der Waals surface area contributed by atoms with Gasteiger partial charge in [0.15, 0.2) is 11.6 Å². The Morgan fingerprint density at radius 2 is 1.28 bits per heavy atom. The Morgan fingerprint density at radius 1 is 0.800 bits per heavy atom. The highest BCUT2D eigenvalue weighted by Gasteiger charge is 2.35. The van der Waals surface area contributed by atoms with E-state index in [1.54, 1.807) is 69.2 Å². The van der Waals surface area contributed by atoms with E-state index in [0.717, 1.165) is 13.5 Å². The molecule has 0 aromatic heterocycles. The molecule has 2 heterocycles. The molecule has 0 saturated carbocycles. The van der Waals surface area contributed by atoms with Crippen LogP contribution in [0.3, 0.4) is 0 Å². The fourth-order valence-corrected chi connectivity index (χ4v) is 3.82. The number of piperidine rings is 2. The molecule has 2 N–H and O–H groups in total. The number of hydrogen-bond donors (Lipinski definition) is 1. The Kier molecular flexibility index (Phi) is 21.7. The van der Waals surface area contributed by atoms with Crippen molar-refractivity contribution in [1.29, 1.82) is 0 Å². The van der Waals surface area contributed by atoms with Crippen molar-refractivity contribution in [2.45, 2.75) is 106 Å². The van der Waals surface area contributed by atoms with E-state index in [1.807, 2.05) is 5.32 Å². The summed E-state index contributed by atoms with van der Waals surface area (Å²) in [5.74, 6) is -3.06. The monoisotopic (exact) mass is 720 g/mol. The van der Waals surface area contributed by atoms with Gasteiger partial charge in [0.25, 0.3) is 0 Å². The van der Waals surface area contributed by atoms with Crippen LogP contribution in [0.2, 0.25) is 0 Å². The van der Waals surface area contributed by atoms with Gasteiger partial charge in [0.2, 0.25) is 5.78 Å². The van der Waals surface area contributed by atoms with Gasteiger partial charge in [-0.25, -0.2) is 14.4 Å². The molecule has 0 aromatic rings. The molecule has 1 amide bonds. The minimum Gasteiger partial charge on any atom is -0.550 e. The molecule has 50 heavy (non-hydrogen) atoms. The number of quaternary nitrogens is 1. The number of aliphatic carboxylic acids is 1. The fourth-order valence-electron chi connectivity index (χ4n) is 3.82. The lowest BCUT2D eigenvalue weighted by Crippen LogP contribution is -2.88. The van der Waals surface area contributed by atoms with E-state index in [9.17, 15) is 33.6 Å². The Morgan fingerprint density at radius 3 is 1.66 bits per heavy atom. The van der Waals surface area contributed by atoms with Gasteiger partial charge in [-0.2, -0.15) is 0 Å². The van der Waals surface area contributed by atoms with Crippen LogP contribution in [0.1, 0.15) is 89.0 Å². The number of esters is 1. The Balaban J connectivity index is 0. The van der Waals surface area contributed by atoms with Crippen LogP contribution in [0, 0.1) is 11.8 Å². The molecule has 2 unspecified atom stereocenters. The van der Waals surface area contributed by atoms with E-state index in [0.29, 0.717) is 32.5 Å². The summed E-state index contributed by atoms with van der Waals surface area (Å²) in [7, 11) is 1.41. The average molecular weight is 721 g/mol. The number of rotatable bonds is 5. The predicted octanol–water partition coefficient (Wildman–Crippen LogP) is 1.36. The van der Waals surface area contributed by atoms with E-state index >= 15 is 0 Å². The number of Topliss-reactive ketones (excluding diaryl/α,β-unsaturated/α-hetero) is 3. The molecule has 0 aromatic carbocycles. The zero-order valence-corrected chi connectivity index (χ0v) is 31.5. The molecule has 0 spiro atoms. The summed E-state index contributed by atoms with van der Waals surface area (Å²) in [6.07, 6.45) is -1.68. The molecule has 0 radical (unpaired) electrons. The molecule has 17 heteroatoms. The molecule has 17 nitrogen and oxygen atoms in total. The van der Waals surface area contributed by atoms with Gasteiger partial charge in [-0.1, -0.05) is 0 Å². The number of hydrogen-bond acceptors (Lipinski definition) is 15. The number of nitrogens with zero attached hydrogens (tertiary/aromatic N) is 1.